The Balaban J connectivity index is 2.61. The minimum atomic E-state index is -0.946. The second-order valence-corrected chi connectivity index (χ2v) is 6.29. The van der Waals surface area contributed by atoms with Crippen LogP contribution >= 0.6 is 0 Å². The summed E-state index contributed by atoms with van der Waals surface area (Å²) in [7, 11) is 1.54. The molecular weight excluding hydrogens is 272 g/mol. The second-order valence-electron chi connectivity index (χ2n) is 6.29. The van der Waals surface area contributed by atoms with Crippen molar-refractivity contribution < 1.29 is 19.5 Å². The molecule has 1 saturated carbocycles. The lowest BCUT2D eigenvalue weighted by molar-refractivity contribution is -0.155. The number of nitrogens with zero attached hydrogens (tertiary/aromatic N) is 1. The minimum absolute atomic E-state index is 0.0182. The Morgan fingerprint density at radius 3 is 2.24 bits per heavy atom. The van der Waals surface area contributed by atoms with Crippen LogP contribution in [-0.4, -0.2) is 47.4 Å². The summed E-state index contributed by atoms with van der Waals surface area (Å²) in [5.41, 5.74) is -0.946. The zero-order valence-electron chi connectivity index (χ0n) is 13.1. The van der Waals surface area contributed by atoms with Crippen molar-refractivity contribution in [1.29, 1.82) is 0 Å². The van der Waals surface area contributed by atoms with Crippen molar-refractivity contribution in [3.8, 4) is 0 Å². The van der Waals surface area contributed by atoms with E-state index in [1.165, 1.54) is 4.90 Å². The first-order valence-electron chi connectivity index (χ1n) is 7.53. The number of likely N-dealkylation sites (N-methyl/N-ethyl adjacent to an activating group) is 1. The molecule has 0 aromatic carbocycles. The average molecular weight is 298 g/mol. The summed E-state index contributed by atoms with van der Waals surface area (Å²) in [4.78, 5) is 36.7. The summed E-state index contributed by atoms with van der Waals surface area (Å²) in [5.74, 6) is -1.40. The van der Waals surface area contributed by atoms with E-state index in [1.54, 1.807) is 7.05 Å². The summed E-state index contributed by atoms with van der Waals surface area (Å²) >= 11 is 0. The van der Waals surface area contributed by atoms with Crippen molar-refractivity contribution in [1.82, 2.24) is 10.2 Å². The van der Waals surface area contributed by atoms with E-state index < -0.39 is 11.4 Å². The second kappa shape index (κ2) is 7.43. The first kappa shape index (κ1) is 17.5. The maximum Gasteiger partial charge on any atom is 0.310 e. The fourth-order valence-corrected chi connectivity index (χ4v) is 2.79. The largest absolute Gasteiger partial charge is 0.481 e. The molecule has 0 aromatic heterocycles. The van der Waals surface area contributed by atoms with Crippen LogP contribution in [0, 0.1) is 5.41 Å². The highest BCUT2D eigenvalue weighted by Crippen LogP contribution is 2.39. The van der Waals surface area contributed by atoms with E-state index >= 15 is 0 Å². The van der Waals surface area contributed by atoms with E-state index in [9.17, 15) is 19.5 Å². The van der Waals surface area contributed by atoms with E-state index in [0.29, 0.717) is 12.8 Å². The molecule has 21 heavy (non-hydrogen) atoms. The summed E-state index contributed by atoms with van der Waals surface area (Å²) in [6.07, 6.45) is 3.78. The molecule has 2 N–H and O–H groups in total. The van der Waals surface area contributed by atoms with Crippen LogP contribution in [0.2, 0.25) is 0 Å². The van der Waals surface area contributed by atoms with Gasteiger partial charge in [0.25, 0.3) is 0 Å². The first-order valence-corrected chi connectivity index (χ1v) is 7.53. The first-order chi connectivity index (χ1) is 9.77. The number of hydrogen-bond acceptors (Lipinski definition) is 3. The van der Waals surface area contributed by atoms with Crippen LogP contribution in [0.25, 0.3) is 0 Å². The van der Waals surface area contributed by atoms with Gasteiger partial charge < -0.3 is 15.3 Å². The summed E-state index contributed by atoms with van der Waals surface area (Å²) < 4.78 is 0. The van der Waals surface area contributed by atoms with Gasteiger partial charge in [-0.05, 0) is 26.7 Å². The Morgan fingerprint density at radius 2 is 1.76 bits per heavy atom. The van der Waals surface area contributed by atoms with Crippen molar-refractivity contribution in [3.05, 3.63) is 0 Å². The van der Waals surface area contributed by atoms with Gasteiger partial charge in [0.15, 0.2) is 0 Å². The van der Waals surface area contributed by atoms with Gasteiger partial charge in [0.1, 0.15) is 0 Å². The molecule has 0 saturated heterocycles. The van der Waals surface area contributed by atoms with Gasteiger partial charge in [0, 0.05) is 19.5 Å². The lowest BCUT2D eigenvalue weighted by Gasteiger charge is -2.33. The van der Waals surface area contributed by atoms with Crippen LogP contribution < -0.4 is 5.32 Å². The molecule has 2 amide bonds. The molecule has 1 fully saturated rings. The number of amides is 2. The number of carboxylic acid groups (broad SMARTS) is 1. The predicted octanol–water partition coefficient (Wildman–Crippen LogP) is 1.39. The number of aliphatic carboxylic acids is 1. The highest BCUT2D eigenvalue weighted by atomic mass is 16.4. The predicted molar refractivity (Wildman–Crippen MR) is 78.7 cm³/mol. The van der Waals surface area contributed by atoms with Gasteiger partial charge in [-0.3, -0.25) is 14.4 Å². The maximum absolute atomic E-state index is 12.2. The van der Waals surface area contributed by atoms with Crippen LogP contribution in [0.1, 0.15) is 52.4 Å². The molecule has 0 unspecified atom stereocenters. The Hall–Kier alpha value is -1.59. The Bertz CT molecular complexity index is 400. The SMILES string of the molecule is CC(C)NC(=O)CN(C)C(=O)CC1(C(=O)O)CCCCC1. The van der Waals surface area contributed by atoms with Crippen LogP contribution in [0.5, 0.6) is 0 Å². The van der Waals surface area contributed by atoms with Crippen LogP contribution in [0.15, 0.2) is 0 Å². The average Bonchev–Trinajstić information content (AvgIpc) is 2.38. The lowest BCUT2D eigenvalue weighted by atomic mass is 9.71. The van der Waals surface area contributed by atoms with E-state index in [0.717, 1.165) is 19.3 Å². The molecule has 1 aliphatic rings. The van der Waals surface area contributed by atoms with E-state index in [2.05, 4.69) is 5.32 Å². The maximum atomic E-state index is 12.2. The Morgan fingerprint density at radius 1 is 1.19 bits per heavy atom. The van der Waals surface area contributed by atoms with E-state index in [1.807, 2.05) is 13.8 Å². The van der Waals surface area contributed by atoms with Crippen molar-refractivity contribution in [2.75, 3.05) is 13.6 Å². The van der Waals surface area contributed by atoms with Gasteiger partial charge in [0.05, 0.1) is 12.0 Å². The summed E-state index contributed by atoms with van der Waals surface area (Å²) in [6.45, 7) is 3.66. The molecule has 0 atom stereocenters. The van der Waals surface area contributed by atoms with Gasteiger partial charge in [0.2, 0.25) is 11.8 Å². The molecule has 0 heterocycles. The molecule has 0 radical (unpaired) electrons. The fourth-order valence-electron chi connectivity index (χ4n) is 2.79. The molecule has 0 aromatic rings. The minimum Gasteiger partial charge on any atom is -0.481 e. The van der Waals surface area contributed by atoms with Crippen molar-refractivity contribution in [2.24, 2.45) is 5.41 Å². The number of hydrogen-bond donors (Lipinski definition) is 2. The number of carboxylic acids is 1. The standard InChI is InChI=1S/C15H26N2O4/c1-11(2)16-12(18)10-17(3)13(19)9-15(14(20)21)7-5-4-6-8-15/h11H,4-10H2,1-3H3,(H,16,18)(H,20,21). The van der Waals surface area contributed by atoms with Crippen LogP contribution in [-0.2, 0) is 14.4 Å². The highest BCUT2D eigenvalue weighted by Gasteiger charge is 2.42. The zero-order chi connectivity index (χ0) is 16.0. The quantitative estimate of drug-likeness (QED) is 0.776. The molecule has 0 aliphatic heterocycles. The van der Waals surface area contributed by atoms with Gasteiger partial charge in [-0.25, -0.2) is 0 Å². The number of carbonyl (C=O) groups is 3. The van der Waals surface area contributed by atoms with Crippen molar-refractivity contribution >= 4 is 17.8 Å². The normalized spacial score (nSPS) is 17.3. The monoisotopic (exact) mass is 298 g/mol. The topological polar surface area (TPSA) is 86.7 Å². The Labute approximate surface area is 125 Å². The molecule has 6 heteroatoms. The summed E-state index contributed by atoms with van der Waals surface area (Å²) in [5, 5.41) is 12.2. The number of rotatable bonds is 6. The van der Waals surface area contributed by atoms with Crippen LogP contribution in [0.3, 0.4) is 0 Å². The van der Waals surface area contributed by atoms with E-state index in [4.69, 9.17) is 0 Å². The fraction of sp³-hybridized carbons (Fsp3) is 0.800. The van der Waals surface area contributed by atoms with Crippen LogP contribution in [0.4, 0.5) is 0 Å². The number of nitrogens with one attached hydrogen (secondary N) is 1. The highest BCUT2D eigenvalue weighted by molar-refractivity contribution is 5.88. The molecule has 1 rings (SSSR count). The summed E-state index contributed by atoms with van der Waals surface area (Å²) in [6, 6.07) is 0.0182. The van der Waals surface area contributed by atoms with Gasteiger partial charge >= 0.3 is 5.97 Å². The van der Waals surface area contributed by atoms with Gasteiger partial charge in [-0.2, -0.15) is 0 Å². The van der Waals surface area contributed by atoms with Gasteiger partial charge in [-0.1, -0.05) is 19.3 Å². The molecular formula is C15H26N2O4. The molecule has 0 bridgehead atoms. The van der Waals surface area contributed by atoms with Gasteiger partial charge in [-0.15, -0.1) is 0 Å². The molecule has 6 nitrogen and oxygen atoms in total. The lowest BCUT2D eigenvalue weighted by Crippen LogP contribution is -2.44. The van der Waals surface area contributed by atoms with Crippen molar-refractivity contribution in [2.45, 2.75) is 58.4 Å². The molecule has 1 aliphatic carbocycles. The number of carbonyl (C=O) groups excluding carboxylic acids is 2. The Kier molecular flexibility index (Phi) is 6.18. The third-order valence-corrected chi connectivity index (χ3v) is 4.01. The smallest absolute Gasteiger partial charge is 0.310 e. The zero-order valence-corrected chi connectivity index (χ0v) is 13.1. The third-order valence-electron chi connectivity index (χ3n) is 4.01. The van der Waals surface area contributed by atoms with E-state index in [-0.39, 0.29) is 30.8 Å². The molecule has 0 spiro atoms. The van der Waals surface area contributed by atoms with Crippen molar-refractivity contribution in [3.63, 3.8) is 0 Å². The molecule has 120 valence electrons. The third kappa shape index (κ3) is 5.02.